The third-order valence-electron chi connectivity index (χ3n) is 1.99. The monoisotopic (exact) mass is 191 g/mol. The van der Waals surface area contributed by atoms with Crippen LogP contribution >= 0.6 is 0 Å². The lowest BCUT2D eigenvalue weighted by molar-refractivity contribution is -0.384. The van der Waals surface area contributed by atoms with Gasteiger partial charge in [0, 0.05) is 12.1 Å². The normalized spacial score (nSPS) is 9.79. The molecule has 0 radical (unpaired) electrons. The highest BCUT2D eigenvalue weighted by atomic mass is 16.6. The molecule has 1 rings (SSSR count). The van der Waals surface area contributed by atoms with E-state index in [-0.39, 0.29) is 10.6 Å². The maximum absolute atomic E-state index is 10.4. The summed E-state index contributed by atoms with van der Waals surface area (Å²) in [7, 11) is 0. The predicted octanol–water partition coefficient (Wildman–Crippen LogP) is 3.10. The molecule has 0 unspecified atom stereocenters. The number of non-ortho nitro benzene ring substituents is 1. The molecule has 0 saturated carbocycles. The number of hydrogen-bond acceptors (Lipinski definition) is 2. The van der Waals surface area contributed by atoms with Gasteiger partial charge in [-0.1, -0.05) is 17.7 Å². The van der Waals surface area contributed by atoms with Crippen LogP contribution in [0.5, 0.6) is 0 Å². The Morgan fingerprint density at radius 1 is 1.43 bits per heavy atom. The standard InChI is InChI=1S/C11H13NO2/c1-9(2)3-4-10-5-7-11(8-6-10)12(13)14/h5-8H,1,3-4H2,2H3. The fraction of sp³-hybridized carbons (Fsp3) is 0.273. The van der Waals surface area contributed by atoms with Gasteiger partial charge in [-0.25, -0.2) is 0 Å². The molecule has 0 atom stereocenters. The number of allylic oxidation sites excluding steroid dienone is 1. The zero-order valence-corrected chi connectivity index (χ0v) is 8.19. The second-order valence-electron chi connectivity index (χ2n) is 3.38. The summed E-state index contributed by atoms with van der Waals surface area (Å²) in [4.78, 5) is 9.98. The molecule has 0 heterocycles. The van der Waals surface area contributed by atoms with Crippen molar-refractivity contribution in [3.05, 3.63) is 52.1 Å². The maximum atomic E-state index is 10.4. The number of aryl methyl sites for hydroxylation is 1. The molecule has 0 aliphatic heterocycles. The lowest BCUT2D eigenvalue weighted by Crippen LogP contribution is -1.89. The van der Waals surface area contributed by atoms with E-state index in [2.05, 4.69) is 6.58 Å². The molecule has 0 fully saturated rings. The summed E-state index contributed by atoms with van der Waals surface area (Å²) in [6.07, 6.45) is 1.82. The van der Waals surface area contributed by atoms with Crippen molar-refractivity contribution in [1.29, 1.82) is 0 Å². The highest BCUT2D eigenvalue weighted by Gasteiger charge is 2.03. The van der Waals surface area contributed by atoms with Gasteiger partial charge in [-0.3, -0.25) is 10.1 Å². The van der Waals surface area contributed by atoms with Gasteiger partial charge in [0.2, 0.25) is 0 Å². The number of hydrogen-bond donors (Lipinski definition) is 0. The summed E-state index contributed by atoms with van der Waals surface area (Å²) in [5.41, 5.74) is 2.38. The third kappa shape index (κ3) is 3.01. The van der Waals surface area contributed by atoms with Gasteiger partial charge in [0.05, 0.1) is 4.92 Å². The first-order valence-electron chi connectivity index (χ1n) is 4.47. The second kappa shape index (κ2) is 4.56. The topological polar surface area (TPSA) is 43.1 Å². The van der Waals surface area contributed by atoms with Gasteiger partial charge in [-0.15, -0.1) is 6.58 Å². The Labute approximate surface area is 83.2 Å². The summed E-state index contributed by atoms with van der Waals surface area (Å²) in [6, 6.07) is 6.66. The first-order chi connectivity index (χ1) is 6.59. The quantitative estimate of drug-likeness (QED) is 0.417. The van der Waals surface area contributed by atoms with Crippen molar-refractivity contribution in [3.8, 4) is 0 Å². The van der Waals surface area contributed by atoms with Crippen LogP contribution in [0.25, 0.3) is 0 Å². The van der Waals surface area contributed by atoms with Crippen LogP contribution in [0.1, 0.15) is 18.9 Å². The highest BCUT2D eigenvalue weighted by molar-refractivity contribution is 5.33. The molecule has 1 aromatic carbocycles. The average Bonchev–Trinajstić information content (AvgIpc) is 2.15. The summed E-state index contributed by atoms with van der Waals surface area (Å²) >= 11 is 0. The molecule has 3 nitrogen and oxygen atoms in total. The van der Waals surface area contributed by atoms with Crippen molar-refractivity contribution in [2.24, 2.45) is 0 Å². The van der Waals surface area contributed by atoms with Gasteiger partial charge in [0.15, 0.2) is 0 Å². The lowest BCUT2D eigenvalue weighted by atomic mass is 10.1. The second-order valence-corrected chi connectivity index (χ2v) is 3.38. The Balaban J connectivity index is 2.64. The van der Waals surface area contributed by atoms with Gasteiger partial charge < -0.3 is 0 Å². The summed E-state index contributed by atoms with van der Waals surface area (Å²) in [5.74, 6) is 0. The molecule has 0 N–H and O–H groups in total. The molecule has 0 aliphatic carbocycles. The lowest BCUT2D eigenvalue weighted by Gasteiger charge is -2.00. The van der Waals surface area contributed by atoms with Gasteiger partial charge in [0.1, 0.15) is 0 Å². The number of nitrogens with zero attached hydrogens (tertiary/aromatic N) is 1. The average molecular weight is 191 g/mol. The Morgan fingerprint density at radius 3 is 2.43 bits per heavy atom. The Morgan fingerprint density at radius 2 is 2.00 bits per heavy atom. The molecule has 0 amide bonds. The Kier molecular flexibility index (Phi) is 3.40. The molecule has 74 valence electrons. The maximum Gasteiger partial charge on any atom is 0.269 e. The number of rotatable bonds is 4. The first kappa shape index (κ1) is 10.4. The smallest absolute Gasteiger partial charge is 0.258 e. The Bertz CT molecular complexity index is 341. The van der Waals surface area contributed by atoms with Crippen LogP contribution in [0.3, 0.4) is 0 Å². The fourth-order valence-electron chi connectivity index (χ4n) is 1.14. The molecule has 0 aromatic heterocycles. The molecule has 14 heavy (non-hydrogen) atoms. The minimum atomic E-state index is -0.386. The van der Waals surface area contributed by atoms with Crippen LogP contribution in [-0.2, 0) is 6.42 Å². The first-order valence-corrected chi connectivity index (χ1v) is 4.47. The summed E-state index contributed by atoms with van der Waals surface area (Å²) in [6.45, 7) is 5.79. The van der Waals surface area contributed by atoms with Gasteiger partial charge in [-0.2, -0.15) is 0 Å². The number of nitro benzene ring substituents is 1. The highest BCUT2D eigenvalue weighted by Crippen LogP contribution is 2.14. The van der Waals surface area contributed by atoms with E-state index in [4.69, 9.17) is 0 Å². The summed E-state index contributed by atoms with van der Waals surface area (Å²) in [5, 5.41) is 10.4. The van der Waals surface area contributed by atoms with Crippen LogP contribution in [0.2, 0.25) is 0 Å². The molecule has 3 heteroatoms. The van der Waals surface area contributed by atoms with Crippen LogP contribution in [0.15, 0.2) is 36.4 Å². The minimum Gasteiger partial charge on any atom is -0.258 e. The minimum absolute atomic E-state index is 0.143. The van der Waals surface area contributed by atoms with E-state index in [1.54, 1.807) is 12.1 Å². The fourth-order valence-corrected chi connectivity index (χ4v) is 1.14. The SMILES string of the molecule is C=C(C)CCc1ccc([N+](=O)[O-])cc1. The van der Waals surface area contributed by atoms with Crippen LogP contribution in [0.4, 0.5) is 5.69 Å². The van der Waals surface area contributed by atoms with Crippen molar-refractivity contribution in [3.63, 3.8) is 0 Å². The molecular formula is C11H13NO2. The van der Waals surface area contributed by atoms with Gasteiger partial charge >= 0.3 is 0 Å². The van der Waals surface area contributed by atoms with Crippen molar-refractivity contribution in [2.75, 3.05) is 0 Å². The van der Waals surface area contributed by atoms with E-state index in [1.165, 1.54) is 12.1 Å². The molecule has 0 bridgehead atoms. The van der Waals surface area contributed by atoms with Crippen molar-refractivity contribution in [1.82, 2.24) is 0 Å². The van der Waals surface area contributed by atoms with Crippen LogP contribution in [0, 0.1) is 10.1 Å². The largest absolute Gasteiger partial charge is 0.269 e. The molecule has 0 aliphatic rings. The van der Waals surface area contributed by atoms with Crippen molar-refractivity contribution >= 4 is 5.69 Å². The predicted molar refractivity (Wildman–Crippen MR) is 56.2 cm³/mol. The van der Waals surface area contributed by atoms with E-state index < -0.39 is 0 Å². The third-order valence-corrected chi connectivity index (χ3v) is 1.99. The van der Waals surface area contributed by atoms with E-state index >= 15 is 0 Å². The Hall–Kier alpha value is -1.64. The van der Waals surface area contributed by atoms with Crippen LogP contribution in [-0.4, -0.2) is 4.92 Å². The zero-order chi connectivity index (χ0) is 10.6. The molecule has 1 aromatic rings. The zero-order valence-electron chi connectivity index (χ0n) is 8.19. The molecule has 0 spiro atoms. The van der Waals surface area contributed by atoms with Crippen molar-refractivity contribution in [2.45, 2.75) is 19.8 Å². The van der Waals surface area contributed by atoms with Crippen LogP contribution < -0.4 is 0 Å². The van der Waals surface area contributed by atoms with Gasteiger partial charge in [-0.05, 0) is 25.3 Å². The number of nitro groups is 1. The summed E-state index contributed by atoms with van der Waals surface area (Å²) < 4.78 is 0. The van der Waals surface area contributed by atoms with E-state index in [0.29, 0.717) is 0 Å². The van der Waals surface area contributed by atoms with E-state index in [0.717, 1.165) is 24.0 Å². The number of benzene rings is 1. The van der Waals surface area contributed by atoms with Crippen molar-refractivity contribution < 1.29 is 4.92 Å². The van der Waals surface area contributed by atoms with E-state index in [1.807, 2.05) is 6.92 Å². The molecular weight excluding hydrogens is 178 g/mol. The van der Waals surface area contributed by atoms with Gasteiger partial charge in [0.25, 0.3) is 5.69 Å². The molecule has 0 saturated heterocycles. The van der Waals surface area contributed by atoms with E-state index in [9.17, 15) is 10.1 Å².